The predicted octanol–water partition coefficient (Wildman–Crippen LogP) is 0.838. The molecule has 3 saturated heterocycles. The van der Waals surface area contributed by atoms with Crippen LogP contribution in [-0.2, 0) is 18.9 Å². The Labute approximate surface area is 107 Å². The Morgan fingerprint density at radius 1 is 1.22 bits per heavy atom. The Balaban J connectivity index is 1.79. The molecule has 4 atom stereocenters. The van der Waals surface area contributed by atoms with Gasteiger partial charge < -0.3 is 24.1 Å². The van der Waals surface area contributed by atoms with Gasteiger partial charge in [-0.25, -0.2) is 0 Å². The molecular formula is C13H22O5. The molecule has 1 N–H and O–H groups in total. The molecule has 104 valence electrons. The number of fused-ring (bicyclic) bond motifs is 1. The van der Waals surface area contributed by atoms with Crippen LogP contribution in [0.4, 0.5) is 0 Å². The molecule has 0 unspecified atom stereocenters. The van der Waals surface area contributed by atoms with Crippen molar-refractivity contribution in [1.29, 1.82) is 0 Å². The van der Waals surface area contributed by atoms with Gasteiger partial charge in [0.05, 0.1) is 19.3 Å². The van der Waals surface area contributed by atoms with E-state index in [9.17, 15) is 5.11 Å². The molecule has 0 amide bonds. The molecule has 0 aromatic rings. The van der Waals surface area contributed by atoms with Gasteiger partial charge in [-0.05, 0) is 26.2 Å². The third kappa shape index (κ3) is 1.98. The lowest BCUT2D eigenvalue weighted by Crippen LogP contribution is -2.66. The fraction of sp³-hybridized carbons (Fsp3) is 1.00. The first-order valence-corrected chi connectivity index (χ1v) is 6.87. The van der Waals surface area contributed by atoms with Crippen molar-refractivity contribution < 1.29 is 24.1 Å². The Kier molecular flexibility index (Phi) is 3.36. The van der Waals surface area contributed by atoms with Gasteiger partial charge in [0.15, 0.2) is 5.79 Å². The minimum atomic E-state index is -0.766. The first-order valence-electron chi connectivity index (χ1n) is 6.87. The Morgan fingerprint density at radius 2 is 2.11 bits per heavy atom. The van der Waals surface area contributed by atoms with Crippen molar-refractivity contribution in [2.45, 2.75) is 56.2 Å². The topological polar surface area (TPSA) is 57.2 Å². The van der Waals surface area contributed by atoms with Crippen molar-refractivity contribution in [3.63, 3.8) is 0 Å². The fourth-order valence-corrected chi connectivity index (χ4v) is 3.15. The van der Waals surface area contributed by atoms with Crippen LogP contribution in [0.5, 0.6) is 0 Å². The number of aliphatic hydroxyl groups excluding tert-OH is 1. The molecule has 0 radical (unpaired) electrons. The zero-order valence-electron chi connectivity index (χ0n) is 10.9. The second kappa shape index (κ2) is 4.72. The normalized spacial score (nSPS) is 49.0. The Bertz CT molecular complexity index is 310. The summed E-state index contributed by atoms with van der Waals surface area (Å²) in [6, 6.07) is 0. The van der Waals surface area contributed by atoms with Crippen molar-refractivity contribution in [3.8, 4) is 0 Å². The van der Waals surface area contributed by atoms with Crippen LogP contribution < -0.4 is 0 Å². The number of rotatable bonds is 1. The molecule has 3 aliphatic heterocycles. The standard InChI is InChI=1S/C13H22O5/c1-12-9-17-13(5-3-6-15-11(13)8-14)18-10(12)4-2-7-16-12/h10-11,14H,2-9H2,1H3/t10-,11-,12+,13+/m1/s1. The predicted molar refractivity (Wildman–Crippen MR) is 63.2 cm³/mol. The van der Waals surface area contributed by atoms with E-state index in [0.29, 0.717) is 13.2 Å². The summed E-state index contributed by atoms with van der Waals surface area (Å²) in [5, 5.41) is 9.45. The van der Waals surface area contributed by atoms with Gasteiger partial charge >= 0.3 is 0 Å². The van der Waals surface area contributed by atoms with Crippen LogP contribution in [0, 0.1) is 0 Å². The van der Waals surface area contributed by atoms with Crippen molar-refractivity contribution in [1.82, 2.24) is 0 Å². The van der Waals surface area contributed by atoms with E-state index in [0.717, 1.165) is 32.3 Å². The zero-order chi connectivity index (χ0) is 12.6. The number of hydrogen-bond acceptors (Lipinski definition) is 5. The molecule has 0 saturated carbocycles. The number of aliphatic hydroxyl groups is 1. The number of ether oxygens (including phenoxy) is 4. The van der Waals surface area contributed by atoms with Crippen LogP contribution in [-0.4, -0.2) is 55.1 Å². The van der Waals surface area contributed by atoms with E-state index in [-0.39, 0.29) is 24.4 Å². The third-order valence-corrected chi connectivity index (χ3v) is 4.31. The largest absolute Gasteiger partial charge is 0.393 e. The van der Waals surface area contributed by atoms with E-state index in [1.165, 1.54) is 0 Å². The molecule has 3 heterocycles. The van der Waals surface area contributed by atoms with Gasteiger partial charge in [-0.15, -0.1) is 0 Å². The van der Waals surface area contributed by atoms with Gasteiger partial charge in [0.1, 0.15) is 11.7 Å². The summed E-state index contributed by atoms with van der Waals surface area (Å²) >= 11 is 0. The average molecular weight is 258 g/mol. The van der Waals surface area contributed by atoms with Crippen LogP contribution in [0.2, 0.25) is 0 Å². The summed E-state index contributed by atoms with van der Waals surface area (Å²) in [6.45, 7) is 3.92. The van der Waals surface area contributed by atoms with Gasteiger partial charge in [0, 0.05) is 19.6 Å². The molecule has 3 aliphatic rings. The second-order valence-corrected chi connectivity index (χ2v) is 5.66. The van der Waals surface area contributed by atoms with Gasteiger partial charge in [-0.3, -0.25) is 0 Å². The lowest BCUT2D eigenvalue weighted by molar-refractivity contribution is -0.400. The van der Waals surface area contributed by atoms with Crippen LogP contribution in [0.1, 0.15) is 32.6 Å². The lowest BCUT2D eigenvalue weighted by atomic mass is 9.89. The minimum Gasteiger partial charge on any atom is -0.393 e. The highest BCUT2D eigenvalue weighted by atomic mass is 16.8. The maximum absolute atomic E-state index is 9.45. The molecule has 0 aliphatic carbocycles. The summed E-state index contributed by atoms with van der Waals surface area (Å²) in [5.41, 5.74) is -0.346. The van der Waals surface area contributed by atoms with E-state index in [1.807, 2.05) is 6.92 Å². The SMILES string of the molecule is C[C@]12CO[C@@]3(CCCO[C@@H]3CO)O[C@@H]1CCCO2. The van der Waals surface area contributed by atoms with Crippen LogP contribution in [0.3, 0.4) is 0 Å². The first kappa shape index (κ1) is 12.8. The Morgan fingerprint density at radius 3 is 2.94 bits per heavy atom. The van der Waals surface area contributed by atoms with Crippen molar-refractivity contribution in [2.24, 2.45) is 0 Å². The van der Waals surface area contributed by atoms with Crippen molar-refractivity contribution in [3.05, 3.63) is 0 Å². The van der Waals surface area contributed by atoms with E-state index >= 15 is 0 Å². The van der Waals surface area contributed by atoms with E-state index < -0.39 is 5.79 Å². The summed E-state index contributed by atoms with van der Waals surface area (Å²) in [7, 11) is 0. The molecule has 1 spiro atoms. The smallest absolute Gasteiger partial charge is 0.197 e. The first-order chi connectivity index (χ1) is 8.69. The molecule has 5 nitrogen and oxygen atoms in total. The molecule has 0 aromatic heterocycles. The van der Waals surface area contributed by atoms with E-state index in [1.54, 1.807) is 0 Å². The third-order valence-electron chi connectivity index (χ3n) is 4.31. The van der Waals surface area contributed by atoms with Gasteiger partial charge in [-0.2, -0.15) is 0 Å². The second-order valence-electron chi connectivity index (χ2n) is 5.66. The maximum atomic E-state index is 9.45. The van der Waals surface area contributed by atoms with Gasteiger partial charge in [-0.1, -0.05) is 0 Å². The molecule has 0 bridgehead atoms. The van der Waals surface area contributed by atoms with Crippen LogP contribution in [0.15, 0.2) is 0 Å². The summed E-state index contributed by atoms with van der Waals surface area (Å²) < 4.78 is 23.6. The summed E-state index contributed by atoms with van der Waals surface area (Å²) in [4.78, 5) is 0. The summed E-state index contributed by atoms with van der Waals surface area (Å²) in [6.07, 6.45) is 3.35. The highest BCUT2D eigenvalue weighted by Gasteiger charge is 2.55. The quantitative estimate of drug-likeness (QED) is 0.755. The van der Waals surface area contributed by atoms with Crippen LogP contribution in [0.25, 0.3) is 0 Å². The zero-order valence-corrected chi connectivity index (χ0v) is 10.9. The average Bonchev–Trinajstić information content (AvgIpc) is 2.40. The molecule has 0 aromatic carbocycles. The van der Waals surface area contributed by atoms with Gasteiger partial charge in [0.2, 0.25) is 0 Å². The van der Waals surface area contributed by atoms with Gasteiger partial charge in [0.25, 0.3) is 0 Å². The van der Waals surface area contributed by atoms with Crippen LogP contribution >= 0.6 is 0 Å². The molecule has 3 fully saturated rings. The minimum absolute atomic E-state index is 0.0377. The van der Waals surface area contributed by atoms with E-state index in [4.69, 9.17) is 18.9 Å². The highest BCUT2D eigenvalue weighted by molar-refractivity contribution is 4.97. The monoisotopic (exact) mass is 258 g/mol. The van der Waals surface area contributed by atoms with E-state index in [2.05, 4.69) is 0 Å². The Hall–Kier alpha value is -0.200. The molecule has 18 heavy (non-hydrogen) atoms. The molecular weight excluding hydrogens is 236 g/mol. The maximum Gasteiger partial charge on any atom is 0.197 e. The summed E-state index contributed by atoms with van der Waals surface area (Å²) in [5.74, 6) is -0.766. The number of hydrogen-bond donors (Lipinski definition) is 1. The van der Waals surface area contributed by atoms with Crippen molar-refractivity contribution >= 4 is 0 Å². The fourth-order valence-electron chi connectivity index (χ4n) is 3.15. The van der Waals surface area contributed by atoms with Crippen molar-refractivity contribution in [2.75, 3.05) is 26.4 Å². The lowest BCUT2D eigenvalue weighted by Gasteiger charge is -2.54. The highest BCUT2D eigenvalue weighted by Crippen LogP contribution is 2.42. The molecule has 3 rings (SSSR count). The molecule has 5 heteroatoms.